The lowest BCUT2D eigenvalue weighted by atomic mass is 10.1. The van der Waals surface area contributed by atoms with Gasteiger partial charge in [-0.3, -0.25) is 9.36 Å². The number of rotatable bonds is 8. The molecule has 1 N–H and O–H groups in total. The number of thioether (sulfide) groups is 1. The number of ether oxygens (including phenoxy) is 1. The van der Waals surface area contributed by atoms with E-state index in [0.717, 1.165) is 46.9 Å². The first-order valence-corrected chi connectivity index (χ1v) is 12.3. The minimum atomic E-state index is -0.254. The third-order valence-electron chi connectivity index (χ3n) is 5.82. The molecule has 1 fully saturated rings. The van der Waals surface area contributed by atoms with Crippen LogP contribution in [0, 0.1) is 5.82 Å². The van der Waals surface area contributed by atoms with Gasteiger partial charge in [0.2, 0.25) is 0 Å². The molecule has 1 aliphatic rings. The standard InChI is InChI=1S/C26H25FN4O2S/c27-21-11-7-18(8-12-21)16-31-24-23(4-1-13-28-24)30-26(31)34-17-19-5-9-20(10-6-19)25(32)29-15-22-3-2-14-33-22/h1,4-13,22H,2-3,14-17H2,(H,29,32). The molecule has 1 atom stereocenters. The predicted molar refractivity (Wildman–Crippen MR) is 130 cm³/mol. The molecular weight excluding hydrogens is 451 g/mol. The molecule has 0 radical (unpaired) electrons. The van der Waals surface area contributed by atoms with Crippen LogP contribution in [0.5, 0.6) is 0 Å². The molecule has 0 saturated carbocycles. The van der Waals surface area contributed by atoms with E-state index in [4.69, 9.17) is 9.72 Å². The summed E-state index contributed by atoms with van der Waals surface area (Å²) in [5.74, 6) is 0.364. The Hall–Kier alpha value is -3.23. The molecule has 0 aliphatic carbocycles. The van der Waals surface area contributed by atoms with Crippen molar-refractivity contribution in [2.45, 2.75) is 36.4 Å². The molecule has 6 nitrogen and oxygen atoms in total. The molecule has 0 bridgehead atoms. The van der Waals surface area contributed by atoms with Crippen molar-refractivity contribution in [1.82, 2.24) is 19.9 Å². The van der Waals surface area contributed by atoms with Crippen LogP contribution in [-0.4, -0.2) is 39.7 Å². The van der Waals surface area contributed by atoms with Gasteiger partial charge in [-0.25, -0.2) is 14.4 Å². The number of carbonyl (C=O) groups excluding carboxylic acids is 1. The average molecular weight is 477 g/mol. The van der Waals surface area contributed by atoms with Gasteiger partial charge in [-0.2, -0.15) is 0 Å². The van der Waals surface area contributed by atoms with Gasteiger partial charge in [0.05, 0.1) is 12.6 Å². The van der Waals surface area contributed by atoms with Crippen LogP contribution < -0.4 is 5.32 Å². The number of halogens is 1. The van der Waals surface area contributed by atoms with Crippen molar-refractivity contribution in [3.05, 3.63) is 89.4 Å². The number of amides is 1. The van der Waals surface area contributed by atoms with Crippen molar-refractivity contribution in [1.29, 1.82) is 0 Å². The summed E-state index contributed by atoms with van der Waals surface area (Å²) in [5, 5.41) is 3.80. The maximum Gasteiger partial charge on any atom is 0.251 e. The summed E-state index contributed by atoms with van der Waals surface area (Å²) in [6.07, 6.45) is 3.93. The monoisotopic (exact) mass is 476 g/mol. The SMILES string of the molecule is O=C(NCC1CCCO1)c1ccc(CSc2nc3cccnc3n2Cc2ccc(F)cc2)cc1. The maximum atomic E-state index is 13.3. The number of nitrogens with one attached hydrogen (secondary N) is 1. The van der Waals surface area contributed by atoms with Crippen LogP contribution in [0.1, 0.15) is 34.3 Å². The van der Waals surface area contributed by atoms with Crippen molar-refractivity contribution in [3.63, 3.8) is 0 Å². The number of fused-ring (bicyclic) bond motifs is 1. The van der Waals surface area contributed by atoms with Crippen LogP contribution >= 0.6 is 11.8 Å². The lowest BCUT2D eigenvalue weighted by Gasteiger charge is -2.11. The Balaban J connectivity index is 1.26. The van der Waals surface area contributed by atoms with E-state index in [1.165, 1.54) is 12.1 Å². The Labute approximate surface area is 201 Å². The highest BCUT2D eigenvalue weighted by Gasteiger charge is 2.17. The van der Waals surface area contributed by atoms with Crippen molar-refractivity contribution < 1.29 is 13.9 Å². The molecule has 4 aromatic rings. The molecule has 174 valence electrons. The third kappa shape index (κ3) is 5.29. The van der Waals surface area contributed by atoms with E-state index in [2.05, 4.69) is 14.9 Å². The summed E-state index contributed by atoms with van der Waals surface area (Å²) in [6, 6.07) is 17.9. The molecule has 1 saturated heterocycles. The number of hydrogen-bond donors (Lipinski definition) is 1. The number of benzene rings is 2. The minimum Gasteiger partial charge on any atom is -0.376 e. The molecule has 3 heterocycles. The molecule has 2 aromatic heterocycles. The number of nitrogens with zero attached hydrogens (tertiary/aromatic N) is 3. The van der Waals surface area contributed by atoms with Gasteiger partial charge in [-0.1, -0.05) is 36.0 Å². The predicted octanol–water partition coefficient (Wildman–Crippen LogP) is 4.82. The Morgan fingerprint density at radius 2 is 1.91 bits per heavy atom. The molecule has 1 unspecified atom stereocenters. The highest BCUT2D eigenvalue weighted by atomic mass is 32.2. The number of imidazole rings is 1. The van der Waals surface area contributed by atoms with Crippen LogP contribution in [0.3, 0.4) is 0 Å². The number of pyridine rings is 1. The lowest BCUT2D eigenvalue weighted by molar-refractivity contribution is 0.0858. The van der Waals surface area contributed by atoms with Crippen LogP contribution in [0.4, 0.5) is 4.39 Å². The molecule has 2 aromatic carbocycles. The molecular formula is C26H25FN4O2S. The summed E-state index contributed by atoms with van der Waals surface area (Å²) in [4.78, 5) is 21.7. The highest BCUT2D eigenvalue weighted by Crippen LogP contribution is 2.27. The first kappa shape index (κ1) is 22.6. The second kappa shape index (κ2) is 10.4. The van der Waals surface area contributed by atoms with E-state index in [0.29, 0.717) is 24.4 Å². The normalized spacial score (nSPS) is 15.6. The highest BCUT2D eigenvalue weighted by molar-refractivity contribution is 7.98. The average Bonchev–Trinajstić information content (AvgIpc) is 3.51. The van der Waals surface area contributed by atoms with Gasteiger partial charge in [0.1, 0.15) is 11.3 Å². The molecule has 1 aliphatic heterocycles. The second-order valence-electron chi connectivity index (χ2n) is 8.28. The van der Waals surface area contributed by atoms with Gasteiger partial charge in [0.15, 0.2) is 10.8 Å². The molecule has 34 heavy (non-hydrogen) atoms. The summed E-state index contributed by atoms with van der Waals surface area (Å²) in [5.41, 5.74) is 4.33. The van der Waals surface area contributed by atoms with E-state index < -0.39 is 0 Å². The fourth-order valence-electron chi connectivity index (χ4n) is 3.98. The van der Waals surface area contributed by atoms with Crippen molar-refractivity contribution in [2.24, 2.45) is 0 Å². The van der Waals surface area contributed by atoms with E-state index in [9.17, 15) is 9.18 Å². The Morgan fingerprint density at radius 1 is 1.12 bits per heavy atom. The minimum absolute atomic E-state index is 0.0816. The van der Waals surface area contributed by atoms with Gasteiger partial charge in [0.25, 0.3) is 5.91 Å². The van der Waals surface area contributed by atoms with Gasteiger partial charge >= 0.3 is 0 Å². The van der Waals surface area contributed by atoms with Crippen LogP contribution in [0.25, 0.3) is 11.2 Å². The van der Waals surface area contributed by atoms with E-state index >= 15 is 0 Å². The van der Waals surface area contributed by atoms with Gasteiger partial charge in [-0.15, -0.1) is 0 Å². The largest absolute Gasteiger partial charge is 0.376 e. The van der Waals surface area contributed by atoms with E-state index in [1.54, 1.807) is 30.1 Å². The summed E-state index contributed by atoms with van der Waals surface area (Å²) in [6.45, 7) is 1.88. The third-order valence-corrected chi connectivity index (χ3v) is 6.87. The van der Waals surface area contributed by atoms with E-state index in [-0.39, 0.29) is 17.8 Å². The molecule has 5 rings (SSSR count). The first-order chi connectivity index (χ1) is 16.7. The van der Waals surface area contributed by atoms with Crippen molar-refractivity contribution in [3.8, 4) is 0 Å². The number of aromatic nitrogens is 3. The number of hydrogen-bond acceptors (Lipinski definition) is 5. The van der Waals surface area contributed by atoms with Gasteiger partial charge in [0, 0.05) is 30.7 Å². The Bertz CT molecular complexity index is 1270. The summed E-state index contributed by atoms with van der Waals surface area (Å²) in [7, 11) is 0. The molecule has 0 spiro atoms. The van der Waals surface area contributed by atoms with Crippen molar-refractivity contribution >= 4 is 28.8 Å². The van der Waals surface area contributed by atoms with Gasteiger partial charge < -0.3 is 10.1 Å². The smallest absolute Gasteiger partial charge is 0.251 e. The van der Waals surface area contributed by atoms with Crippen LogP contribution in [0.15, 0.2) is 72.0 Å². The zero-order valence-corrected chi connectivity index (χ0v) is 19.4. The second-order valence-corrected chi connectivity index (χ2v) is 9.23. The summed E-state index contributed by atoms with van der Waals surface area (Å²) < 4.78 is 20.9. The quantitative estimate of drug-likeness (QED) is 0.369. The topological polar surface area (TPSA) is 69.0 Å². The molecule has 1 amide bonds. The van der Waals surface area contributed by atoms with Gasteiger partial charge in [-0.05, 0) is 60.4 Å². The molecule has 8 heteroatoms. The lowest BCUT2D eigenvalue weighted by Crippen LogP contribution is -2.31. The van der Waals surface area contributed by atoms with Crippen LogP contribution in [-0.2, 0) is 17.0 Å². The van der Waals surface area contributed by atoms with Crippen molar-refractivity contribution in [2.75, 3.05) is 13.2 Å². The fourth-order valence-corrected chi connectivity index (χ4v) is 4.93. The maximum absolute atomic E-state index is 13.3. The first-order valence-electron chi connectivity index (χ1n) is 11.3. The zero-order chi connectivity index (χ0) is 23.3. The summed E-state index contributed by atoms with van der Waals surface area (Å²) >= 11 is 1.61. The van der Waals surface area contributed by atoms with E-state index in [1.807, 2.05) is 36.4 Å². The zero-order valence-electron chi connectivity index (χ0n) is 18.6. The number of carbonyl (C=O) groups is 1. The Kier molecular flexibility index (Phi) is 6.87. The van der Waals surface area contributed by atoms with Crippen LogP contribution in [0.2, 0.25) is 0 Å². The Morgan fingerprint density at radius 3 is 2.68 bits per heavy atom. The fraction of sp³-hybridized carbons (Fsp3) is 0.269.